The Kier molecular flexibility index (Phi) is 3.80. The molecular weight excluding hydrogens is 248 g/mol. The average Bonchev–Trinajstić information content (AvgIpc) is 2.96. The second-order valence-electron chi connectivity index (χ2n) is 5.28. The fourth-order valence-electron chi connectivity index (χ4n) is 2.86. The maximum Gasteiger partial charge on any atom is 0.0991 e. The van der Waals surface area contributed by atoms with E-state index in [1.54, 1.807) is 0 Å². The molecule has 20 heavy (non-hydrogen) atoms. The van der Waals surface area contributed by atoms with Gasteiger partial charge in [0.1, 0.15) is 0 Å². The number of imidazole rings is 1. The van der Waals surface area contributed by atoms with Crippen LogP contribution >= 0.6 is 0 Å². The third kappa shape index (κ3) is 2.73. The van der Waals surface area contributed by atoms with Crippen LogP contribution in [0.25, 0.3) is 0 Å². The summed E-state index contributed by atoms with van der Waals surface area (Å²) in [6.07, 6.45) is 6.23. The first kappa shape index (κ1) is 12.9. The summed E-state index contributed by atoms with van der Waals surface area (Å²) in [5.74, 6) is 0.595. The molecule has 4 heteroatoms. The van der Waals surface area contributed by atoms with Gasteiger partial charge >= 0.3 is 0 Å². The molecule has 4 nitrogen and oxygen atoms in total. The maximum absolute atomic E-state index is 8.97. The predicted octanol–water partition coefficient (Wildman–Crippen LogP) is 2.27. The minimum Gasteiger partial charge on any atom is -0.330 e. The molecule has 0 bridgehead atoms. The Morgan fingerprint density at radius 2 is 2.20 bits per heavy atom. The first-order valence-electron chi connectivity index (χ1n) is 7.06. The van der Waals surface area contributed by atoms with Crippen LogP contribution in [0.15, 0.2) is 36.8 Å². The van der Waals surface area contributed by atoms with Gasteiger partial charge in [0.15, 0.2) is 0 Å². The Balaban J connectivity index is 1.80. The predicted molar refractivity (Wildman–Crippen MR) is 77.3 cm³/mol. The number of hydrogen-bond donors (Lipinski definition) is 1. The lowest BCUT2D eigenvalue weighted by molar-refractivity contribution is 0.442. The Morgan fingerprint density at radius 1 is 1.35 bits per heavy atom. The minimum atomic E-state index is 0.595. The summed E-state index contributed by atoms with van der Waals surface area (Å²) in [7, 11) is 0. The van der Waals surface area contributed by atoms with Gasteiger partial charge in [0.25, 0.3) is 0 Å². The van der Waals surface area contributed by atoms with Gasteiger partial charge in [-0.15, -0.1) is 0 Å². The number of nitriles is 1. The summed E-state index contributed by atoms with van der Waals surface area (Å²) >= 11 is 0. The van der Waals surface area contributed by atoms with E-state index in [1.165, 1.54) is 18.5 Å². The molecule has 0 unspecified atom stereocenters. The SMILES string of the molecule is N#Cc1cccc(Cn2cncc2C2CCNCC2)c1. The number of piperidine rings is 1. The van der Waals surface area contributed by atoms with Gasteiger partial charge in [-0.3, -0.25) is 0 Å². The number of aromatic nitrogens is 2. The van der Waals surface area contributed by atoms with Crippen LogP contribution in [0, 0.1) is 11.3 Å². The summed E-state index contributed by atoms with van der Waals surface area (Å²) in [4.78, 5) is 4.31. The van der Waals surface area contributed by atoms with Crippen molar-refractivity contribution in [1.82, 2.24) is 14.9 Å². The van der Waals surface area contributed by atoms with E-state index in [0.717, 1.165) is 25.2 Å². The Labute approximate surface area is 119 Å². The molecule has 0 amide bonds. The molecule has 0 spiro atoms. The van der Waals surface area contributed by atoms with Crippen LogP contribution < -0.4 is 5.32 Å². The van der Waals surface area contributed by atoms with Crippen LogP contribution in [0.4, 0.5) is 0 Å². The maximum atomic E-state index is 8.97. The standard InChI is InChI=1S/C16H18N4/c17-9-13-2-1-3-14(8-13)11-20-12-19-10-16(20)15-4-6-18-7-5-15/h1-3,8,10,12,15,18H,4-7,11H2. The molecule has 1 aliphatic heterocycles. The molecule has 0 aliphatic carbocycles. The number of rotatable bonds is 3. The Morgan fingerprint density at radius 3 is 3.00 bits per heavy atom. The zero-order valence-electron chi connectivity index (χ0n) is 11.4. The highest BCUT2D eigenvalue weighted by molar-refractivity contribution is 5.33. The van der Waals surface area contributed by atoms with Crippen molar-refractivity contribution in [2.45, 2.75) is 25.3 Å². The van der Waals surface area contributed by atoms with Gasteiger partial charge < -0.3 is 9.88 Å². The topological polar surface area (TPSA) is 53.6 Å². The van der Waals surface area contributed by atoms with Gasteiger partial charge in [0.2, 0.25) is 0 Å². The molecule has 0 saturated carbocycles. The molecule has 1 aromatic carbocycles. The third-order valence-corrected chi connectivity index (χ3v) is 3.91. The zero-order chi connectivity index (χ0) is 13.8. The highest BCUT2D eigenvalue weighted by Crippen LogP contribution is 2.25. The van der Waals surface area contributed by atoms with E-state index in [1.807, 2.05) is 30.7 Å². The summed E-state index contributed by atoms with van der Waals surface area (Å²) < 4.78 is 2.21. The number of nitrogens with zero attached hydrogens (tertiary/aromatic N) is 3. The van der Waals surface area contributed by atoms with E-state index in [-0.39, 0.29) is 0 Å². The number of nitrogens with one attached hydrogen (secondary N) is 1. The van der Waals surface area contributed by atoms with Crippen LogP contribution in [0.2, 0.25) is 0 Å². The molecule has 1 saturated heterocycles. The third-order valence-electron chi connectivity index (χ3n) is 3.91. The van der Waals surface area contributed by atoms with E-state index >= 15 is 0 Å². The summed E-state index contributed by atoms with van der Waals surface area (Å²) in [6, 6.07) is 9.98. The lowest BCUT2D eigenvalue weighted by Crippen LogP contribution is -2.27. The average molecular weight is 266 g/mol. The van der Waals surface area contributed by atoms with E-state index < -0.39 is 0 Å². The lowest BCUT2D eigenvalue weighted by Gasteiger charge is -2.23. The van der Waals surface area contributed by atoms with Crippen LogP contribution in [-0.2, 0) is 6.54 Å². The van der Waals surface area contributed by atoms with Gasteiger partial charge in [-0.1, -0.05) is 12.1 Å². The van der Waals surface area contributed by atoms with Crippen molar-refractivity contribution in [3.8, 4) is 6.07 Å². The first-order chi connectivity index (χ1) is 9.86. The van der Waals surface area contributed by atoms with Gasteiger partial charge in [0, 0.05) is 24.4 Å². The summed E-state index contributed by atoms with van der Waals surface area (Å²) in [5.41, 5.74) is 3.18. The molecule has 2 heterocycles. The van der Waals surface area contributed by atoms with Crippen LogP contribution in [0.1, 0.15) is 35.6 Å². The smallest absolute Gasteiger partial charge is 0.0991 e. The number of hydrogen-bond acceptors (Lipinski definition) is 3. The zero-order valence-corrected chi connectivity index (χ0v) is 11.4. The molecule has 102 valence electrons. The van der Waals surface area contributed by atoms with Gasteiger partial charge in [-0.2, -0.15) is 5.26 Å². The Hall–Kier alpha value is -2.12. The summed E-state index contributed by atoms with van der Waals surface area (Å²) in [6.45, 7) is 2.95. The molecule has 2 aromatic rings. The minimum absolute atomic E-state index is 0.595. The van der Waals surface area contributed by atoms with Crippen LogP contribution in [0.5, 0.6) is 0 Å². The monoisotopic (exact) mass is 266 g/mol. The summed E-state index contributed by atoms with van der Waals surface area (Å²) in [5, 5.41) is 12.4. The van der Waals surface area contributed by atoms with Gasteiger partial charge in [-0.25, -0.2) is 4.98 Å². The van der Waals surface area contributed by atoms with Crippen LogP contribution in [0.3, 0.4) is 0 Å². The molecular formula is C16H18N4. The molecule has 1 aliphatic rings. The molecule has 1 aromatic heterocycles. The highest BCUT2D eigenvalue weighted by Gasteiger charge is 2.18. The van der Waals surface area contributed by atoms with Gasteiger partial charge in [-0.05, 0) is 43.6 Å². The molecule has 1 N–H and O–H groups in total. The highest BCUT2D eigenvalue weighted by atomic mass is 15.0. The number of benzene rings is 1. The van der Waals surface area contributed by atoms with Crippen molar-refractivity contribution in [2.75, 3.05) is 13.1 Å². The second kappa shape index (κ2) is 5.89. The fraction of sp³-hybridized carbons (Fsp3) is 0.375. The van der Waals surface area contributed by atoms with E-state index in [4.69, 9.17) is 5.26 Å². The fourth-order valence-corrected chi connectivity index (χ4v) is 2.86. The van der Waals surface area contributed by atoms with Gasteiger partial charge in [0.05, 0.1) is 18.0 Å². The largest absolute Gasteiger partial charge is 0.330 e. The normalized spacial score (nSPS) is 15.9. The second-order valence-corrected chi connectivity index (χ2v) is 5.28. The van der Waals surface area contributed by atoms with Crippen LogP contribution in [-0.4, -0.2) is 22.6 Å². The molecule has 0 radical (unpaired) electrons. The van der Waals surface area contributed by atoms with Crippen molar-refractivity contribution >= 4 is 0 Å². The molecule has 1 fully saturated rings. The van der Waals surface area contributed by atoms with Crippen molar-refractivity contribution in [3.05, 3.63) is 53.6 Å². The van der Waals surface area contributed by atoms with E-state index in [2.05, 4.69) is 27.0 Å². The molecule has 3 rings (SSSR count). The van der Waals surface area contributed by atoms with Crippen molar-refractivity contribution in [1.29, 1.82) is 5.26 Å². The first-order valence-corrected chi connectivity index (χ1v) is 7.06. The van der Waals surface area contributed by atoms with Crippen molar-refractivity contribution in [3.63, 3.8) is 0 Å². The molecule has 0 atom stereocenters. The van der Waals surface area contributed by atoms with Crippen molar-refractivity contribution in [2.24, 2.45) is 0 Å². The van der Waals surface area contributed by atoms with E-state index in [0.29, 0.717) is 11.5 Å². The van der Waals surface area contributed by atoms with E-state index in [9.17, 15) is 0 Å². The van der Waals surface area contributed by atoms with Crippen molar-refractivity contribution < 1.29 is 0 Å². The quantitative estimate of drug-likeness (QED) is 0.927. The Bertz CT molecular complexity index is 617. The lowest BCUT2D eigenvalue weighted by atomic mass is 9.95.